The van der Waals surface area contributed by atoms with Crippen molar-refractivity contribution in [2.75, 3.05) is 53.1 Å². The fraction of sp³-hybridized carbons (Fsp3) is 0.939. The maximum atomic E-state index is 12.9. The number of sulfonamides is 1. The lowest BCUT2D eigenvalue weighted by Gasteiger charge is -2.22. The van der Waals surface area contributed by atoms with Crippen LogP contribution in [0.5, 0.6) is 0 Å². The van der Waals surface area contributed by atoms with Gasteiger partial charge in [-0.25, -0.2) is 8.42 Å². The minimum atomic E-state index is -3.39. The van der Waals surface area contributed by atoms with Crippen LogP contribution in [0.4, 0.5) is 0 Å². The molecule has 0 spiro atoms. The Morgan fingerprint density at radius 1 is 0.550 bits per heavy atom. The fourth-order valence-electron chi connectivity index (χ4n) is 7.64. The van der Waals surface area contributed by atoms with Gasteiger partial charge in [0.15, 0.2) is 0 Å². The normalized spacial score (nSPS) is 12.1. The number of guanidine groups is 1. The lowest BCUT2D eigenvalue weighted by Crippen LogP contribution is -2.39. The summed E-state index contributed by atoms with van der Waals surface area (Å²) in [6, 6.07) is 0. The Labute approximate surface area is 373 Å². The Balaban J connectivity index is 0. The summed E-state index contributed by atoms with van der Waals surface area (Å²) >= 11 is 0. The number of carbonyl (C=O) groups excluding carboxylic acids is 2. The predicted molar refractivity (Wildman–Crippen MR) is 257 cm³/mol. The van der Waals surface area contributed by atoms with Gasteiger partial charge in [-0.2, -0.15) is 0 Å². The molecule has 0 aliphatic carbocycles. The van der Waals surface area contributed by atoms with Gasteiger partial charge in [0.25, 0.3) is 0 Å². The van der Waals surface area contributed by atoms with Crippen molar-refractivity contribution >= 4 is 27.9 Å². The molecule has 0 atom stereocenters. The summed E-state index contributed by atoms with van der Waals surface area (Å²) in [6.07, 6.45) is 39.6. The summed E-state index contributed by atoms with van der Waals surface area (Å²) in [5, 5.41) is 0. The summed E-state index contributed by atoms with van der Waals surface area (Å²) in [5.41, 5.74) is 0. The van der Waals surface area contributed by atoms with Crippen LogP contribution in [0.1, 0.15) is 241 Å². The molecule has 0 rings (SSSR count). The Kier molecular flexibility index (Phi) is 41.1. The van der Waals surface area contributed by atoms with Gasteiger partial charge < -0.3 is 19.3 Å². The van der Waals surface area contributed by atoms with Gasteiger partial charge in [0, 0.05) is 34.9 Å². The smallest absolute Gasteiger partial charge is 0.306 e. The minimum absolute atomic E-state index is 0. The van der Waals surface area contributed by atoms with Crippen LogP contribution in [0, 0.1) is 0 Å². The van der Waals surface area contributed by atoms with Crippen molar-refractivity contribution in [2.45, 2.75) is 245 Å². The zero-order valence-electron chi connectivity index (χ0n) is 40.4. The van der Waals surface area contributed by atoms with Crippen LogP contribution in [0.15, 0.2) is 4.99 Å². The predicted octanol–water partition coefficient (Wildman–Crippen LogP) is 12.8. The van der Waals surface area contributed by atoms with Crippen molar-refractivity contribution in [1.82, 2.24) is 14.5 Å². The number of unbranched alkanes of at least 4 members (excludes halogenated alkanes) is 24. The van der Waals surface area contributed by atoms with E-state index in [1.54, 1.807) is 19.0 Å². The van der Waals surface area contributed by atoms with E-state index in [4.69, 9.17) is 9.47 Å². The first-order valence-corrected chi connectivity index (χ1v) is 27.2. The molecule has 11 heteroatoms. The third-order valence-corrected chi connectivity index (χ3v) is 11.9. The standard InChI is InChI=1S/C49H98N4O6S.H2/c1-7-10-13-16-19-28-35-45-58-47(54)39-31-24-20-26-33-42-53(44-36-41-50-49(52(4)5)51-60(6,56)57)43-34-27-21-25-32-40-48(55)59-46(37-29-22-17-14-11-8-2)38-30-23-18-15-12-9-3;/h46H,7-45H2,1-6H3,(H,50,51);1H. The maximum Gasteiger partial charge on any atom is 0.306 e. The Bertz CT molecular complexity index is 1110. The second kappa shape index (κ2) is 42.4. The summed E-state index contributed by atoms with van der Waals surface area (Å²) < 4.78 is 37.6. The van der Waals surface area contributed by atoms with E-state index < -0.39 is 10.0 Å². The van der Waals surface area contributed by atoms with Gasteiger partial charge in [-0.15, -0.1) is 0 Å². The van der Waals surface area contributed by atoms with E-state index in [0.717, 1.165) is 135 Å². The summed E-state index contributed by atoms with van der Waals surface area (Å²) in [5.74, 6) is 0.305. The van der Waals surface area contributed by atoms with Crippen molar-refractivity contribution in [3.8, 4) is 0 Å². The molecule has 0 unspecified atom stereocenters. The van der Waals surface area contributed by atoms with E-state index in [1.165, 1.54) is 96.3 Å². The number of hydrogen-bond acceptors (Lipinski definition) is 8. The van der Waals surface area contributed by atoms with Gasteiger partial charge in [0.2, 0.25) is 16.0 Å². The van der Waals surface area contributed by atoms with Gasteiger partial charge in [-0.05, 0) is 83.8 Å². The average Bonchev–Trinajstić information content (AvgIpc) is 3.20. The van der Waals surface area contributed by atoms with E-state index in [0.29, 0.717) is 32.0 Å². The van der Waals surface area contributed by atoms with E-state index in [-0.39, 0.29) is 19.5 Å². The van der Waals surface area contributed by atoms with Crippen LogP contribution in [-0.4, -0.2) is 95.4 Å². The Morgan fingerprint density at radius 2 is 0.950 bits per heavy atom. The number of nitrogens with one attached hydrogen (secondary N) is 1. The van der Waals surface area contributed by atoms with E-state index in [9.17, 15) is 18.0 Å². The summed E-state index contributed by atoms with van der Waals surface area (Å²) in [7, 11) is 0.189. The molecule has 60 heavy (non-hydrogen) atoms. The lowest BCUT2D eigenvalue weighted by molar-refractivity contribution is -0.150. The third kappa shape index (κ3) is 41.5. The van der Waals surface area contributed by atoms with Crippen LogP contribution in [0.2, 0.25) is 0 Å². The number of esters is 2. The molecule has 0 fully saturated rings. The summed E-state index contributed by atoms with van der Waals surface area (Å²) in [4.78, 5) is 33.8. The van der Waals surface area contributed by atoms with Crippen molar-refractivity contribution in [2.24, 2.45) is 4.99 Å². The highest BCUT2D eigenvalue weighted by molar-refractivity contribution is 7.89. The van der Waals surface area contributed by atoms with Crippen molar-refractivity contribution < 1.29 is 28.9 Å². The quantitative estimate of drug-likeness (QED) is 0.0278. The van der Waals surface area contributed by atoms with Crippen LogP contribution in [0.25, 0.3) is 0 Å². The molecule has 0 aliphatic heterocycles. The first kappa shape index (κ1) is 58.1. The minimum Gasteiger partial charge on any atom is -0.466 e. The fourth-order valence-corrected chi connectivity index (χ4v) is 8.22. The molecule has 0 amide bonds. The number of ether oxygens (including phenoxy) is 2. The van der Waals surface area contributed by atoms with Crippen LogP contribution < -0.4 is 4.72 Å². The lowest BCUT2D eigenvalue weighted by atomic mass is 10.0. The summed E-state index contributed by atoms with van der Waals surface area (Å²) in [6.45, 7) is 10.8. The second-order valence-electron chi connectivity index (χ2n) is 17.8. The zero-order valence-corrected chi connectivity index (χ0v) is 41.2. The largest absolute Gasteiger partial charge is 0.466 e. The SMILES string of the molecule is CCCCCCCCCOC(=O)CCCCCCCN(CCCCCCCC(=O)OC(CCCCCCCC)CCCCCCCC)CCCN=C(NS(C)(=O)=O)N(C)C.[HH]. The molecular weight excluding hydrogens is 773 g/mol. The van der Waals surface area contributed by atoms with Gasteiger partial charge in [-0.1, -0.05) is 162 Å². The molecule has 0 aromatic carbocycles. The van der Waals surface area contributed by atoms with Crippen LogP contribution in [0.3, 0.4) is 0 Å². The van der Waals surface area contributed by atoms with Gasteiger partial charge in [-0.3, -0.25) is 19.3 Å². The number of carbonyl (C=O) groups is 2. The number of nitrogens with zero attached hydrogens (tertiary/aromatic N) is 3. The number of hydrogen-bond donors (Lipinski definition) is 1. The van der Waals surface area contributed by atoms with Crippen LogP contribution >= 0.6 is 0 Å². The molecule has 358 valence electrons. The second-order valence-corrected chi connectivity index (χ2v) is 19.5. The van der Waals surface area contributed by atoms with E-state index in [1.807, 2.05) is 0 Å². The first-order chi connectivity index (χ1) is 29.0. The zero-order chi connectivity index (χ0) is 44.4. The molecule has 0 aliphatic rings. The highest BCUT2D eigenvalue weighted by atomic mass is 32.2. The topological polar surface area (TPSA) is 118 Å². The monoisotopic (exact) mass is 873 g/mol. The molecule has 1 N–H and O–H groups in total. The number of aliphatic imine (C=N–C) groups is 1. The average molecular weight is 873 g/mol. The van der Waals surface area contributed by atoms with Crippen molar-refractivity contribution in [1.29, 1.82) is 0 Å². The molecule has 0 bridgehead atoms. The molecule has 0 saturated carbocycles. The molecular formula is C49H100N4O6S. The van der Waals surface area contributed by atoms with E-state index in [2.05, 4.69) is 35.4 Å². The van der Waals surface area contributed by atoms with Gasteiger partial charge >= 0.3 is 11.9 Å². The molecule has 0 heterocycles. The van der Waals surface area contributed by atoms with Gasteiger partial charge in [0.1, 0.15) is 6.10 Å². The third-order valence-electron chi connectivity index (χ3n) is 11.4. The highest BCUT2D eigenvalue weighted by Crippen LogP contribution is 2.19. The first-order valence-electron chi connectivity index (χ1n) is 25.3. The van der Waals surface area contributed by atoms with Crippen LogP contribution in [-0.2, 0) is 29.1 Å². The molecule has 0 aromatic rings. The number of rotatable bonds is 44. The Hall–Kier alpha value is -1.88. The van der Waals surface area contributed by atoms with Crippen molar-refractivity contribution in [3.05, 3.63) is 0 Å². The molecule has 10 nitrogen and oxygen atoms in total. The van der Waals surface area contributed by atoms with Gasteiger partial charge in [0.05, 0.1) is 12.9 Å². The van der Waals surface area contributed by atoms with E-state index >= 15 is 0 Å². The Morgan fingerprint density at radius 3 is 1.42 bits per heavy atom. The van der Waals surface area contributed by atoms with Crippen molar-refractivity contribution in [3.63, 3.8) is 0 Å². The molecule has 0 saturated heterocycles. The highest BCUT2D eigenvalue weighted by Gasteiger charge is 2.15. The molecule has 0 radical (unpaired) electrons. The maximum absolute atomic E-state index is 12.9. The molecule has 0 aromatic heterocycles.